The van der Waals surface area contributed by atoms with E-state index in [1.54, 1.807) is 0 Å². The van der Waals surface area contributed by atoms with E-state index in [4.69, 9.17) is 4.66 Å². The van der Waals surface area contributed by atoms with Crippen molar-refractivity contribution in [3.8, 4) is 0 Å². The first-order chi connectivity index (χ1) is 1.00. The van der Waals surface area contributed by atoms with Gasteiger partial charge in [-0.25, -0.2) is 0 Å². The van der Waals surface area contributed by atoms with Crippen LogP contribution in [0.4, 0.5) is 0 Å². The molecular formula is H3ClO2Zr. The number of halogens is 1. The largest absolute Gasteiger partial charge is 0.412 e. The first kappa shape index (κ1) is 19.5. The van der Waals surface area contributed by atoms with Crippen molar-refractivity contribution in [2.45, 2.75) is 0 Å². The van der Waals surface area contributed by atoms with Gasteiger partial charge < -0.3 is 5.48 Å². The third-order valence-corrected chi connectivity index (χ3v) is 0. The fourth-order valence-corrected chi connectivity index (χ4v) is 0. The maximum atomic E-state index is 6.47. The summed E-state index contributed by atoms with van der Waals surface area (Å²) in [5.41, 5.74) is 0. The van der Waals surface area contributed by atoms with Crippen LogP contribution in [0.25, 0.3) is 0 Å². The molecule has 0 unspecified atom stereocenters. The smallest absolute Gasteiger partial charge is 0.0579 e. The van der Waals surface area contributed by atoms with Crippen LogP contribution in [0.5, 0.6) is 0 Å². The van der Waals surface area contributed by atoms with Gasteiger partial charge in [0, 0.05) is 26.2 Å². The maximum Gasteiger partial charge on any atom is 0.0579 e. The van der Waals surface area contributed by atoms with Gasteiger partial charge in [0.25, 0.3) is 0 Å². The van der Waals surface area contributed by atoms with Gasteiger partial charge in [0.2, 0.25) is 0 Å². The molecule has 0 aliphatic heterocycles. The zero-order valence-corrected chi connectivity index (χ0v) is 5.04. The van der Waals surface area contributed by atoms with Crippen molar-refractivity contribution in [1.82, 2.24) is 0 Å². The van der Waals surface area contributed by atoms with E-state index in [0.717, 1.165) is 0 Å². The molecule has 0 radical (unpaired) electrons. The average Bonchev–Trinajstić information content (AvgIpc) is 1.00. The number of hydrogen-bond acceptors (Lipinski definition) is 1. The van der Waals surface area contributed by atoms with Gasteiger partial charge in [-0.15, -0.1) is 0 Å². The quantitative estimate of drug-likeness (QED) is 0.502. The molecule has 0 aliphatic carbocycles. The van der Waals surface area contributed by atoms with Gasteiger partial charge in [-0.05, 0) is 0 Å². The van der Waals surface area contributed by atoms with E-state index in [-0.39, 0.29) is 31.7 Å². The van der Waals surface area contributed by atoms with Gasteiger partial charge in [-0.2, -0.15) is 0 Å². The van der Waals surface area contributed by atoms with Crippen molar-refractivity contribution in [3.05, 3.63) is 0 Å². The molecule has 0 bridgehead atoms. The van der Waals surface area contributed by atoms with Crippen LogP contribution in [0.2, 0.25) is 0 Å². The van der Waals surface area contributed by atoms with Crippen molar-refractivity contribution in [1.29, 1.82) is 0 Å². The van der Waals surface area contributed by atoms with E-state index in [0.29, 0.717) is 0 Å². The molecule has 0 spiro atoms. The van der Waals surface area contributed by atoms with Crippen LogP contribution in [0.15, 0.2) is 0 Å². The van der Waals surface area contributed by atoms with Crippen LogP contribution in [0.3, 0.4) is 0 Å². The van der Waals surface area contributed by atoms with Gasteiger partial charge in [-0.3, -0.25) is 4.66 Å². The van der Waals surface area contributed by atoms with Gasteiger partial charge >= 0.3 is 0 Å². The molecule has 4 heteroatoms. The molecule has 0 aliphatic rings. The molecule has 0 atom stereocenters. The summed E-state index contributed by atoms with van der Waals surface area (Å²) in [5.74, 6) is 0. The molecule has 0 fully saturated rings. The Labute approximate surface area is 48.4 Å². The molecule has 26 valence electrons. The van der Waals surface area contributed by atoms with E-state index in [2.05, 4.69) is 11.9 Å². The summed E-state index contributed by atoms with van der Waals surface area (Å²) in [6.45, 7) is 0. The minimum Gasteiger partial charge on any atom is -0.412 e. The molecule has 0 heterocycles. The Kier molecular flexibility index (Phi) is 160. The average molecular weight is 162 g/mol. The van der Waals surface area contributed by atoms with Crippen molar-refractivity contribution in [2.75, 3.05) is 0 Å². The number of hydrogen-bond donors (Lipinski definition) is 1. The van der Waals surface area contributed by atoms with Crippen LogP contribution < -0.4 is 0 Å². The van der Waals surface area contributed by atoms with Crippen LogP contribution in [-0.4, -0.2) is 10.1 Å². The van der Waals surface area contributed by atoms with Gasteiger partial charge in [-0.1, -0.05) is 0 Å². The summed E-state index contributed by atoms with van der Waals surface area (Å²) >= 11 is 3.64. The normalized spacial score (nSPS) is 1.50. The van der Waals surface area contributed by atoms with Crippen LogP contribution in [-0.2, 0) is 26.2 Å². The van der Waals surface area contributed by atoms with Gasteiger partial charge in [0.15, 0.2) is 0 Å². The summed E-state index contributed by atoms with van der Waals surface area (Å²) in [5, 5.41) is 0. The van der Waals surface area contributed by atoms with E-state index < -0.39 is 0 Å². The van der Waals surface area contributed by atoms with E-state index in [9.17, 15) is 0 Å². The monoisotopic (exact) mass is 160 g/mol. The Bertz CT molecular complexity index is 6.00. The first-order valence-corrected chi connectivity index (χ1v) is 0.507. The molecule has 4 heavy (non-hydrogen) atoms. The number of rotatable bonds is 0. The molecule has 3 N–H and O–H groups in total. The fraction of sp³-hybridized carbons (Fsp3) is 0. The van der Waals surface area contributed by atoms with Crippen molar-refractivity contribution in [3.63, 3.8) is 0 Å². The van der Waals surface area contributed by atoms with Gasteiger partial charge in [0.1, 0.15) is 0 Å². The summed E-state index contributed by atoms with van der Waals surface area (Å²) in [4.78, 5) is 0. The Hall–Kier alpha value is 1.09. The van der Waals surface area contributed by atoms with Crippen LogP contribution in [0.1, 0.15) is 0 Å². The van der Waals surface area contributed by atoms with E-state index >= 15 is 0 Å². The molecule has 0 saturated heterocycles. The summed E-state index contributed by atoms with van der Waals surface area (Å²) in [6.07, 6.45) is 0. The third kappa shape index (κ3) is 11.3. The first-order valence-electron chi connectivity index (χ1n) is 0.169. The van der Waals surface area contributed by atoms with Crippen molar-refractivity contribution in [2.24, 2.45) is 0 Å². The van der Waals surface area contributed by atoms with E-state index in [1.165, 1.54) is 0 Å². The van der Waals surface area contributed by atoms with Crippen molar-refractivity contribution < 1.29 is 36.3 Å². The minimum atomic E-state index is 0. The van der Waals surface area contributed by atoms with Crippen LogP contribution in [0, 0.1) is 0 Å². The molecular weight excluding hydrogens is 159 g/mol. The second-order valence-electron chi connectivity index (χ2n) is 0. The molecule has 0 aromatic heterocycles. The molecule has 2 nitrogen and oxygen atoms in total. The summed E-state index contributed by atoms with van der Waals surface area (Å²) in [6, 6.07) is 0. The van der Waals surface area contributed by atoms with E-state index in [1.807, 2.05) is 0 Å². The summed E-state index contributed by atoms with van der Waals surface area (Å²) in [7, 11) is 0. The Morgan fingerprint density at radius 1 is 1.25 bits per heavy atom. The third-order valence-electron chi connectivity index (χ3n) is 0. The summed E-state index contributed by atoms with van der Waals surface area (Å²) < 4.78 is 6.47. The Morgan fingerprint density at radius 3 is 1.25 bits per heavy atom. The second-order valence-corrected chi connectivity index (χ2v) is 0. The molecule has 0 saturated carbocycles. The zero-order chi connectivity index (χ0) is 2.00. The fourth-order valence-electron chi connectivity index (χ4n) is 0. The standard InChI is InChI=1S/ClHO.H2O.Zr/c1-2;;/h2H;1H2;. The predicted octanol–water partition coefficient (Wildman–Crippen LogP) is -0.695. The molecule has 0 rings (SSSR count). The Balaban J connectivity index is -0.00000000500. The molecule has 0 aromatic rings. The molecule has 0 aromatic carbocycles. The zero-order valence-electron chi connectivity index (χ0n) is 1.83. The topological polar surface area (TPSA) is 51.7 Å². The van der Waals surface area contributed by atoms with Crippen LogP contribution >= 0.6 is 11.9 Å². The maximum absolute atomic E-state index is 6.47. The SMILES string of the molecule is O.OCl.[Zr]. The van der Waals surface area contributed by atoms with Gasteiger partial charge in [0.05, 0.1) is 11.9 Å². The second kappa shape index (κ2) is 32.8. The molecule has 0 amide bonds. The minimum absolute atomic E-state index is 0. The van der Waals surface area contributed by atoms with Crippen molar-refractivity contribution >= 4 is 11.9 Å². The predicted molar refractivity (Wildman–Crippen MR) is 11.7 cm³/mol. The Morgan fingerprint density at radius 2 is 1.25 bits per heavy atom.